The Morgan fingerprint density at radius 2 is 2.12 bits per heavy atom. The Morgan fingerprint density at radius 3 is 2.62 bits per heavy atom. The summed E-state index contributed by atoms with van der Waals surface area (Å²) in [6.07, 6.45) is -2.42. The molecule has 0 fully saturated rings. The number of carbonyl (C=O) groups excluding carboxylic acids is 1. The first-order valence-electron chi connectivity index (χ1n) is 5.03. The van der Waals surface area contributed by atoms with Crippen molar-refractivity contribution in [1.82, 2.24) is 0 Å². The fourth-order valence-electron chi connectivity index (χ4n) is 1.22. The molecule has 1 aliphatic heterocycles. The lowest BCUT2D eigenvalue weighted by molar-refractivity contribution is -0.148. The summed E-state index contributed by atoms with van der Waals surface area (Å²) in [6, 6.07) is 0. The molecule has 92 valence electrons. The van der Waals surface area contributed by atoms with E-state index in [1.165, 1.54) is 0 Å². The van der Waals surface area contributed by atoms with Crippen LogP contribution in [0.15, 0.2) is 11.5 Å². The van der Waals surface area contributed by atoms with Crippen molar-refractivity contribution in [3.05, 3.63) is 11.5 Å². The van der Waals surface area contributed by atoms with E-state index in [2.05, 4.69) is 4.74 Å². The third-order valence-corrected chi connectivity index (χ3v) is 2.03. The second-order valence-electron chi connectivity index (χ2n) is 3.99. The average molecular weight is 232 g/mol. The Balaban J connectivity index is 2.76. The van der Waals surface area contributed by atoms with E-state index in [-0.39, 0.29) is 18.3 Å². The highest BCUT2D eigenvalue weighted by atomic mass is 16.6. The van der Waals surface area contributed by atoms with Gasteiger partial charge in [0.05, 0.1) is 13.2 Å². The van der Waals surface area contributed by atoms with Gasteiger partial charge in [-0.05, 0) is 5.92 Å². The van der Waals surface area contributed by atoms with E-state index >= 15 is 0 Å². The number of aliphatic hydroxyl groups is 3. The zero-order valence-electron chi connectivity index (χ0n) is 9.21. The smallest absolute Gasteiger partial charge is 0.378 e. The molecule has 1 aliphatic rings. The van der Waals surface area contributed by atoms with E-state index in [0.29, 0.717) is 0 Å². The van der Waals surface area contributed by atoms with Crippen LogP contribution >= 0.6 is 0 Å². The Labute approximate surface area is 93.1 Å². The van der Waals surface area contributed by atoms with Crippen LogP contribution in [0.4, 0.5) is 0 Å². The van der Waals surface area contributed by atoms with Gasteiger partial charge in [-0.15, -0.1) is 0 Å². The minimum atomic E-state index is -1.30. The van der Waals surface area contributed by atoms with E-state index in [0.717, 1.165) is 0 Å². The molecule has 16 heavy (non-hydrogen) atoms. The van der Waals surface area contributed by atoms with Crippen molar-refractivity contribution in [2.45, 2.75) is 26.1 Å². The van der Waals surface area contributed by atoms with Crippen LogP contribution in [-0.4, -0.2) is 46.7 Å². The Kier molecular flexibility index (Phi) is 4.14. The summed E-state index contributed by atoms with van der Waals surface area (Å²) in [5, 5.41) is 27.5. The third-order valence-electron chi connectivity index (χ3n) is 2.03. The van der Waals surface area contributed by atoms with Crippen molar-refractivity contribution in [3.8, 4) is 0 Å². The first kappa shape index (κ1) is 12.8. The highest BCUT2D eigenvalue weighted by Crippen LogP contribution is 2.25. The molecule has 0 aliphatic carbocycles. The Bertz CT molecular complexity index is 296. The lowest BCUT2D eigenvalue weighted by Gasteiger charge is -2.19. The quantitative estimate of drug-likeness (QED) is 0.563. The normalized spacial score (nSPS) is 22.6. The molecule has 0 aromatic rings. The molecule has 0 spiro atoms. The molecule has 2 unspecified atom stereocenters. The van der Waals surface area contributed by atoms with Crippen LogP contribution in [0, 0.1) is 5.92 Å². The summed E-state index contributed by atoms with van der Waals surface area (Å²) in [5.41, 5.74) is 0. The molecular weight excluding hydrogens is 216 g/mol. The molecule has 0 bridgehead atoms. The van der Waals surface area contributed by atoms with E-state index in [1.54, 1.807) is 0 Å². The van der Waals surface area contributed by atoms with Crippen LogP contribution in [0.1, 0.15) is 13.8 Å². The number of carbonyl (C=O) groups is 1. The predicted octanol–water partition coefficient (Wildman–Crippen LogP) is -0.293. The highest BCUT2D eigenvalue weighted by molar-refractivity contribution is 5.89. The van der Waals surface area contributed by atoms with Gasteiger partial charge in [0.25, 0.3) is 0 Å². The largest absolute Gasteiger partial charge is 0.499 e. The van der Waals surface area contributed by atoms with Gasteiger partial charge in [0, 0.05) is 0 Å². The number of cyclic esters (lactones) is 1. The molecule has 0 saturated carbocycles. The van der Waals surface area contributed by atoms with Gasteiger partial charge in [-0.3, -0.25) is 0 Å². The van der Waals surface area contributed by atoms with E-state index < -0.39 is 30.5 Å². The molecule has 0 radical (unpaired) electrons. The fourth-order valence-corrected chi connectivity index (χ4v) is 1.22. The van der Waals surface area contributed by atoms with Crippen LogP contribution in [0.5, 0.6) is 0 Å². The summed E-state index contributed by atoms with van der Waals surface area (Å²) in [4.78, 5) is 11.1. The molecule has 0 amide bonds. The van der Waals surface area contributed by atoms with Crippen LogP contribution in [0.25, 0.3) is 0 Å². The summed E-state index contributed by atoms with van der Waals surface area (Å²) >= 11 is 0. The maximum atomic E-state index is 11.1. The van der Waals surface area contributed by atoms with Gasteiger partial charge in [-0.1, -0.05) is 13.8 Å². The summed E-state index contributed by atoms with van der Waals surface area (Å²) in [5.74, 6) is -1.50. The second-order valence-corrected chi connectivity index (χ2v) is 3.99. The van der Waals surface area contributed by atoms with E-state index in [4.69, 9.17) is 9.84 Å². The van der Waals surface area contributed by atoms with Crippen molar-refractivity contribution >= 4 is 5.97 Å². The number of hydrogen-bond donors (Lipinski definition) is 3. The maximum absolute atomic E-state index is 11.1. The minimum absolute atomic E-state index is 0.111. The zero-order valence-corrected chi connectivity index (χ0v) is 9.21. The maximum Gasteiger partial charge on any atom is 0.378 e. The molecule has 1 rings (SSSR count). The first-order valence-corrected chi connectivity index (χ1v) is 5.03. The van der Waals surface area contributed by atoms with Crippen molar-refractivity contribution < 1.29 is 29.6 Å². The molecule has 3 N–H and O–H groups in total. The van der Waals surface area contributed by atoms with Gasteiger partial charge in [0.1, 0.15) is 6.10 Å². The molecular formula is C10H16O6. The summed E-state index contributed by atoms with van der Waals surface area (Å²) < 4.78 is 9.87. The van der Waals surface area contributed by atoms with Crippen LogP contribution in [0.3, 0.4) is 0 Å². The highest BCUT2D eigenvalue weighted by Gasteiger charge is 2.40. The molecule has 2 atom stereocenters. The van der Waals surface area contributed by atoms with E-state index in [9.17, 15) is 15.0 Å². The number of aliphatic hydroxyl groups excluding tert-OH is 3. The average Bonchev–Trinajstić information content (AvgIpc) is 2.52. The molecule has 6 nitrogen and oxygen atoms in total. The minimum Gasteiger partial charge on any atom is -0.499 e. The second kappa shape index (κ2) is 5.18. The van der Waals surface area contributed by atoms with Gasteiger partial charge in [0.15, 0.2) is 11.9 Å². The molecule has 6 heteroatoms. The van der Waals surface area contributed by atoms with Gasteiger partial charge >= 0.3 is 5.97 Å². The number of rotatable bonds is 5. The van der Waals surface area contributed by atoms with Crippen LogP contribution in [0.2, 0.25) is 0 Å². The molecule has 0 saturated heterocycles. The Morgan fingerprint density at radius 1 is 1.50 bits per heavy atom. The molecule has 0 aromatic heterocycles. The van der Waals surface area contributed by atoms with Crippen molar-refractivity contribution in [3.63, 3.8) is 0 Å². The number of ether oxygens (including phenoxy) is 2. The van der Waals surface area contributed by atoms with Crippen LogP contribution in [-0.2, 0) is 14.3 Å². The van der Waals surface area contributed by atoms with Gasteiger partial charge in [-0.25, -0.2) is 4.79 Å². The fraction of sp³-hybridized carbons (Fsp3) is 0.700. The molecule has 1 heterocycles. The van der Waals surface area contributed by atoms with Crippen LogP contribution < -0.4 is 0 Å². The van der Waals surface area contributed by atoms with E-state index in [1.807, 2.05) is 13.8 Å². The predicted molar refractivity (Wildman–Crippen MR) is 53.4 cm³/mol. The lowest BCUT2D eigenvalue weighted by atomic mass is 10.2. The monoisotopic (exact) mass is 232 g/mol. The SMILES string of the molecule is CC(C)COC1=C(O)C(=O)OC1C(O)CO. The Hall–Kier alpha value is -1.27. The summed E-state index contributed by atoms with van der Waals surface area (Å²) in [6.45, 7) is 3.49. The van der Waals surface area contributed by atoms with Gasteiger partial charge < -0.3 is 24.8 Å². The third kappa shape index (κ3) is 2.65. The molecule has 0 aromatic carbocycles. The lowest BCUT2D eigenvalue weighted by Crippen LogP contribution is -2.32. The van der Waals surface area contributed by atoms with Gasteiger partial charge in [-0.2, -0.15) is 0 Å². The zero-order chi connectivity index (χ0) is 12.3. The first-order chi connectivity index (χ1) is 7.47. The van der Waals surface area contributed by atoms with Crippen molar-refractivity contribution in [1.29, 1.82) is 0 Å². The van der Waals surface area contributed by atoms with Crippen molar-refractivity contribution in [2.24, 2.45) is 5.92 Å². The van der Waals surface area contributed by atoms with Crippen molar-refractivity contribution in [2.75, 3.05) is 13.2 Å². The summed E-state index contributed by atoms with van der Waals surface area (Å²) in [7, 11) is 0. The van der Waals surface area contributed by atoms with Gasteiger partial charge in [0.2, 0.25) is 5.76 Å². The topological polar surface area (TPSA) is 96.2 Å². The number of esters is 1. The number of hydrogen-bond acceptors (Lipinski definition) is 6. The standard InChI is InChI=1S/C10H16O6/c1-5(2)4-15-9-7(13)10(14)16-8(9)6(12)3-11/h5-6,8,11-13H,3-4H2,1-2H3.